The van der Waals surface area contributed by atoms with Crippen molar-refractivity contribution in [2.45, 2.75) is 76.4 Å². The molecule has 0 bridgehead atoms. The average Bonchev–Trinajstić information content (AvgIpc) is 3.45. The van der Waals surface area contributed by atoms with Crippen LogP contribution in [0.2, 0.25) is 0 Å². The maximum Gasteiger partial charge on any atom is 0.348 e. The molecule has 0 saturated carbocycles. The van der Waals surface area contributed by atoms with Gasteiger partial charge in [-0.05, 0) is 55.7 Å². The van der Waals surface area contributed by atoms with Crippen LogP contribution in [0.15, 0.2) is 54.6 Å². The normalized spacial score (nSPS) is 18.9. The van der Waals surface area contributed by atoms with Crippen LogP contribution in [0.1, 0.15) is 65.6 Å². The molecule has 1 aromatic carbocycles. The van der Waals surface area contributed by atoms with Gasteiger partial charge in [-0.2, -0.15) is 8.78 Å². The number of rotatable bonds is 14. The molecule has 1 aliphatic rings. The summed E-state index contributed by atoms with van der Waals surface area (Å²) in [7, 11) is 1.32. The second-order valence-corrected chi connectivity index (χ2v) is 10.9. The third-order valence-corrected chi connectivity index (χ3v) is 8.02. The van der Waals surface area contributed by atoms with Crippen LogP contribution in [0, 0.1) is 5.92 Å². The molecule has 1 aliphatic heterocycles. The summed E-state index contributed by atoms with van der Waals surface area (Å²) >= 11 is 1.30. The maximum atomic E-state index is 14.2. The van der Waals surface area contributed by atoms with Gasteiger partial charge in [0.15, 0.2) is 0 Å². The van der Waals surface area contributed by atoms with E-state index in [0.29, 0.717) is 17.7 Å². The molecule has 3 atom stereocenters. The zero-order valence-corrected chi connectivity index (χ0v) is 22.4. The third kappa shape index (κ3) is 8.47. The molecule has 1 amide bonds. The van der Waals surface area contributed by atoms with Crippen molar-refractivity contribution in [1.29, 1.82) is 0 Å². The molecule has 8 heteroatoms. The number of likely N-dealkylation sites (tertiary alicyclic amines) is 1. The summed E-state index contributed by atoms with van der Waals surface area (Å²) in [5.74, 6) is -4.96. The van der Waals surface area contributed by atoms with Crippen molar-refractivity contribution in [3.63, 3.8) is 0 Å². The van der Waals surface area contributed by atoms with E-state index in [4.69, 9.17) is 4.74 Å². The van der Waals surface area contributed by atoms with E-state index in [9.17, 15) is 23.5 Å². The highest BCUT2D eigenvalue weighted by Gasteiger charge is 2.52. The second kappa shape index (κ2) is 13.8. The Morgan fingerprint density at radius 3 is 2.65 bits per heavy atom. The SMILES string of the molecule is COC(=O)c1ccc(CCCN2C(=O)C(F)(F)C[C@@H]2C=C[C@H](O)[C@@H](C)CCCCCc2ccccc2)s1. The molecule has 2 aromatic rings. The molecule has 37 heavy (non-hydrogen) atoms. The number of carbonyl (C=O) groups excluding carboxylic acids is 2. The van der Waals surface area contributed by atoms with E-state index in [1.54, 1.807) is 18.2 Å². The van der Waals surface area contributed by atoms with Crippen molar-refractivity contribution in [3.8, 4) is 0 Å². The molecular weight excluding hydrogens is 496 g/mol. The molecule has 0 aliphatic carbocycles. The van der Waals surface area contributed by atoms with Gasteiger partial charge in [0.25, 0.3) is 5.91 Å². The second-order valence-electron chi connectivity index (χ2n) is 9.77. The minimum Gasteiger partial charge on any atom is -0.465 e. The summed E-state index contributed by atoms with van der Waals surface area (Å²) in [6.45, 7) is 2.14. The van der Waals surface area contributed by atoms with Gasteiger partial charge in [-0.1, -0.05) is 62.2 Å². The number of halogens is 2. The molecular formula is C29H37F2NO4S. The minimum atomic E-state index is -3.40. The molecule has 0 radical (unpaired) electrons. The number of unbranched alkanes of at least 4 members (excludes halogenated alkanes) is 2. The number of carbonyl (C=O) groups is 2. The number of hydrogen-bond donors (Lipinski definition) is 1. The lowest BCUT2D eigenvalue weighted by atomic mass is 9.95. The van der Waals surface area contributed by atoms with Gasteiger partial charge in [-0.15, -0.1) is 11.3 Å². The fourth-order valence-corrected chi connectivity index (χ4v) is 5.59. The van der Waals surface area contributed by atoms with E-state index in [1.165, 1.54) is 28.9 Å². The van der Waals surface area contributed by atoms with Crippen LogP contribution in [-0.2, 0) is 22.4 Å². The number of esters is 1. The van der Waals surface area contributed by atoms with Crippen LogP contribution in [-0.4, -0.2) is 53.6 Å². The first-order valence-electron chi connectivity index (χ1n) is 13.0. The molecule has 1 N–H and O–H groups in total. The molecule has 1 fully saturated rings. The van der Waals surface area contributed by atoms with Gasteiger partial charge < -0.3 is 14.7 Å². The number of thiophene rings is 1. The van der Waals surface area contributed by atoms with E-state index >= 15 is 0 Å². The summed E-state index contributed by atoms with van der Waals surface area (Å²) in [5, 5.41) is 10.6. The van der Waals surface area contributed by atoms with E-state index < -0.39 is 36.4 Å². The van der Waals surface area contributed by atoms with Crippen molar-refractivity contribution in [2.75, 3.05) is 13.7 Å². The Morgan fingerprint density at radius 2 is 1.92 bits per heavy atom. The monoisotopic (exact) mass is 533 g/mol. The largest absolute Gasteiger partial charge is 0.465 e. The number of nitrogens with zero attached hydrogens (tertiary/aromatic N) is 1. The quantitative estimate of drug-likeness (QED) is 0.182. The number of hydrogen-bond acceptors (Lipinski definition) is 5. The molecule has 2 heterocycles. The summed E-state index contributed by atoms with van der Waals surface area (Å²) < 4.78 is 33.2. The van der Waals surface area contributed by atoms with Crippen LogP contribution in [0.25, 0.3) is 0 Å². The van der Waals surface area contributed by atoms with E-state index in [2.05, 4.69) is 12.1 Å². The van der Waals surface area contributed by atoms with E-state index in [0.717, 1.165) is 37.0 Å². The number of aryl methyl sites for hydroxylation is 2. The van der Waals surface area contributed by atoms with Crippen LogP contribution in [0.3, 0.4) is 0 Å². The summed E-state index contributed by atoms with van der Waals surface area (Å²) in [5.41, 5.74) is 1.33. The van der Waals surface area contributed by atoms with Crippen molar-refractivity contribution >= 4 is 23.2 Å². The summed E-state index contributed by atoms with van der Waals surface area (Å²) in [6, 6.07) is 13.1. The number of aliphatic hydroxyl groups is 1. The van der Waals surface area contributed by atoms with Gasteiger partial charge in [0.1, 0.15) is 4.88 Å². The Balaban J connectivity index is 1.45. The van der Waals surface area contributed by atoms with Gasteiger partial charge in [-0.25, -0.2) is 4.79 Å². The standard InChI is InChI=1S/C29H37F2NO4S/c1-21(10-5-3-6-11-22-12-7-4-8-13-22)25(33)17-15-23-20-29(30,31)28(35)32(23)19-9-14-24-16-18-26(37-24)27(34)36-2/h4,7-8,12-13,15-18,21,23,25,33H,3,5-6,9-11,14,19-20H2,1-2H3/t21-,23-,25-/m0/s1. The zero-order valence-electron chi connectivity index (χ0n) is 21.6. The first-order chi connectivity index (χ1) is 17.7. The van der Waals surface area contributed by atoms with Gasteiger partial charge in [-0.3, -0.25) is 4.79 Å². The lowest BCUT2D eigenvalue weighted by Crippen LogP contribution is -2.36. The highest BCUT2D eigenvalue weighted by molar-refractivity contribution is 7.13. The average molecular weight is 534 g/mol. The number of amides is 1. The molecule has 1 aromatic heterocycles. The zero-order chi connectivity index (χ0) is 26.8. The van der Waals surface area contributed by atoms with Crippen LogP contribution in [0.5, 0.6) is 0 Å². The van der Waals surface area contributed by atoms with Crippen molar-refractivity contribution in [2.24, 2.45) is 5.92 Å². The topological polar surface area (TPSA) is 66.8 Å². The Morgan fingerprint density at radius 1 is 1.16 bits per heavy atom. The number of aliphatic hydroxyl groups excluding tert-OH is 1. The minimum absolute atomic E-state index is 0.00174. The Labute approximate surface area is 222 Å². The Kier molecular flexibility index (Phi) is 10.8. The summed E-state index contributed by atoms with van der Waals surface area (Å²) in [4.78, 5) is 26.6. The van der Waals surface area contributed by atoms with E-state index in [1.807, 2.05) is 31.2 Å². The third-order valence-electron chi connectivity index (χ3n) is 6.89. The fraction of sp³-hybridized carbons (Fsp3) is 0.517. The fourth-order valence-electron chi connectivity index (χ4n) is 4.63. The predicted octanol–water partition coefficient (Wildman–Crippen LogP) is 6.06. The smallest absolute Gasteiger partial charge is 0.348 e. The maximum absolute atomic E-state index is 14.2. The van der Waals surface area contributed by atoms with Gasteiger partial charge in [0, 0.05) is 17.8 Å². The molecule has 5 nitrogen and oxygen atoms in total. The molecule has 3 rings (SSSR count). The predicted molar refractivity (Wildman–Crippen MR) is 142 cm³/mol. The van der Waals surface area contributed by atoms with E-state index in [-0.39, 0.29) is 12.5 Å². The molecule has 202 valence electrons. The Hall–Kier alpha value is -2.58. The van der Waals surface area contributed by atoms with Gasteiger partial charge in [0.05, 0.1) is 19.3 Å². The van der Waals surface area contributed by atoms with Crippen LogP contribution in [0.4, 0.5) is 8.78 Å². The van der Waals surface area contributed by atoms with Crippen LogP contribution >= 0.6 is 11.3 Å². The Bertz CT molecular complexity index is 1040. The van der Waals surface area contributed by atoms with Crippen LogP contribution < -0.4 is 0 Å². The van der Waals surface area contributed by atoms with Crippen molar-refractivity contribution in [3.05, 3.63) is 69.9 Å². The summed E-state index contributed by atoms with van der Waals surface area (Å²) in [6.07, 6.45) is 7.91. The number of benzene rings is 1. The lowest BCUT2D eigenvalue weighted by Gasteiger charge is -2.22. The first kappa shape index (κ1) is 29.0. The molecule has 0 spiro atoms. The van der Waals surface area contributed by atoms with Gasteiger partial charge in [0.2, 0.25) is 0 Å². The van der Waals surface area contributed by atoms with Crippen molar-refractivity contribution in [1.82, 2.24) is 4.90 Å². The highest BCUT2D eigenvalue weighted by atomic mass is 32.1. The number of alkyl halides is 2. The molecule has 1 saturated heterocycles. The molecule has 0 unspecified atom stereocenters. The first-order valence-corrected chi connectivity index (χ1v) is 13.8. The highest BCUT2D eigenvalue weighted by Crippen LogP contribution is 2.34. The lowest BCUT2D eigenvalue weighted by molar-refractivity contribution is -0.148. The van der Waals surface area contributed by atoms with Gasteiger partial charge >= 0.3 is 11.9 Å². The van der Waals surface area contributed by atoms with Crippen molar-refractivity contribution < 1.29 is 28.2 Å². The number of methoxy groups -OCH3 is 1. The number of ether oxygens (including phenoxy) is 1.